The molecule has 0 aliphatic rings. The van der Waals surface area contributed by atoms with Crippen LogP contribution in [0.1, 0.15) is 23.1 Å². The number of carbonyl (C=O) groups excluding carboxylic acids is 1. The zero-order valence-corrected chi connectivity index (χ0v) is 18.4. The predicted molar refractivity (Wildman–Crippen MR) is 120 cm³/mol. The first-order valence-electron chi connectivity index (χ1n) is 9.83. The van der Waals surface area contributed by atoms with Crippen molar-refractivity contribution in [2.24, 2.45) is 0 Å². The highest BCUT2D eigenvalue weighted by molar-refractivity contribution is 7.15. The first-order valence-corrected chi connectivity index (χ1v) is 10.6. The maximum Gasteiger partial charge on any atom is 0.268 e. The van der Waals surface area contributed by atoms with Crippen LogP contribution >= 0.6 is 11.3 Å². The molecule has 1 aromatic heterocycles. The molecule has 0 saturated carbocycles. The highest BCUT2D eigenvalue weighted by Gasteiger charge is 2.13. The zero-order valence-electron chi connectivity index (χ0n) is 17.6. The standard InChI is InChI=1S/C23H21FN4O3S/c1-3-21-27-28-23(32-21)26-22(29)17(14-25)12-16-6-9-19(20(13-16)30-2)31-11-10-15-4-7-18(24)8-5-15/h4-9,12-13H,3,10-11H2,1-2H3,(H,26,28,29)/b17-12+. The number of rotatable bonds is 9. The summed E-state index contributed by atoms with van der Waals surface area (Å²) in [5.41, 5.74) is 1.48. The molecule has 0 spiro atoms. The van der Waals surface area contributed by atoms with Crippen molar-refractivity contribution in [2.45, 2.75) is 19.8 Å². The van der Waals surface area contributed by atoms with Crippen LogP contribution in [-0.4, -0.2) is 29.8 Å². The molecular formula is C23H21FN4O3S. The van der Waals surface area contributed by atoms with Crippen LogP contribution in [0.2, 0.25) is 0 Å². The molecule has 2 aromatic carbocycles. The van der Waals surface area contributed by atoms with Crippen molar-refractivity contribution in [1.82, 2.24) is 10.2 Å². The highest BCUT2D eigenvalue weighted by atomic mass is 32.1. The van der Waals surface area contributed by atoms with Gasteiger partial charge < -0.3 is 9.47 Å². The zero-order chi connectivity index (χ0) is 22.9. The summed E-state index contributed by atoms with van der Waals surface area (Å²) in [5, 5.41) is 21.0. The number of aromatic nitrogens is 2. The molecule has 0 atom stereocenters. The summed E-state index contributed by atoms with van der Waals surface area (Å²) in [6.45, 7) is 2.32. The van der Waals surface area contributed by atoms with E-state index < -0.39 is 5.91 Å². The summed E-state index contributed by atoms with van der Waals surface area (Å²) in [4.78, 5) is 12.4. The summed E-state index contributed by atoms with van der Waals surface area (Å²) >= 11 is 1.26. The Morgan fingerprint density at radius 1 is 1.22 bits per heavy atom. The Bertz CT molecular complexity index is 1150. The third-order valence-corrected chi connectivity index (χ3v) is 5.40. The minimum absolute atomic E-state index is 0.0784. The number of nitriles is 1. The van der Waals surface area contributed by atoms with Crippen molar-refractivity contribution in [3.05, 3.63) is 70.0 Å². The van der Waals surface area contributed by atoms with Crippen molar-refractivity contribution in [1.29, 1.82) is 5.26 Å². The Kier molecular flexibility index (Phi) is 7.89. The Labute approximate surface area is 189 Å². The number of hydrogen-bond acceptors (Lipinski definition) is 7. The number of ether oxygens (including phenoxy) is 2. The normalized spacial score (nSPS) is 11.0. The average Bonchev–Trinajstić information content (AvgIpc) is 3.26. The molecule has 32 heavy (non-hydrogen) atoms. The van der Waals surface area contributed by atoms with Gasteiger partial charge in [0.1, 0.15) is 22.5 Å². The van der Waals surface area contributed by atoms with E-state index in [0.717, 1.165) is 10.6 Å². The summed E-state index contributed by atoms with van der Waals surface area (Å²) in [7, 11) is 1.51. The second-order valence-electron chi connectivity index (χ2n) is 6.61. The number of benzene rings is 2. The molecule has 0 aliphatic heterocycles. The maximum atomic E-state index is 13.0. The van der Waals surface area contributed by atoms with Gasteiger partial charge in [0.2, 0.25) is 5.13 Å². The van der Waals surface area contributed by atoms with Gasteiger partial charge in [0.25, 0.3) is 5.91 Å². The molecule has 9 heteroatoms. The van der Waals surface area contributed by atoms with Crippen LogP contribution in [0.4, 0.5) is 9.52 Å². The molecule has 0 fully saturated rings. The lowest BCUT2D eigenvalue weighted by atomic mass is 10.1. The van der Waals surface area contributed by atoms with Crippen LogP contribution in [0.15, 0.2) is 48.0 Å². The summed E-state index contributed by atoms with van der Waals surface area (Å²) in [5.74, 6) is 0.146. The van der Waals surface area contributed by atoms with E-state index in [9.17, 15) is 14.4 Å². The molecule has 0 radical (unpaired) electrons. The minimum atomic E-state index is -0.565. The average molecular weight is 453 g/mol. The van der Waals surface area contributed by atoms with Gasteiger partial charge in [-0.1, -0.05) is 36.5 Å². The summed E-state index contributed by atoms with van der Waals surface area (Å²) in [6, 6.07) is 13.3. The van der Waals surface area contributed by atoms with Gasteiger partial charge in [-0.05, 0) is 47.9 Å². The fraction of sp³-hybridized carbons (Fsp3) is 0.217. The number of carbonyl (C=O) groups is 1. The van der Waals surface area contributed by atoms with Crippen LogP contribution in [0, 0.1) is 17.1 Å². The number of aryl methyl sites for hydroxylation is 1. The van der Waals surface area contributed by atoms with Crippen molar-refractivity contribution in [2.75, 3.05) is 19.0 Å². The Morgan fingerprint density at radius 3 is 2.66 bits per heavy atom. The molecule has 0 aliphatic carbocycles. The van der Waals surface area contributed by atoms with Gasteiger partial charge in [0.05, 0.1) is 13.7 Å². The lowest BCUT2D eigenvalue weighted by Crippen LogP contribution is -2.13. The quantitative estimate of drug-likeness (QED) is 0.381. The van der Waals surface area contributed by atoms with Crippen molar-refractivity contribution >= 4 is 28.5 Å². The van der Waals surface area contributed by atoms with Crippen LogP contribution in [0.5, 0.6) is 11.5 Å². The van der Waals surface area contributed by atoms with Gasteiger partial charge in [-0.2, -0.15) is 5.26 Å². The molecule has 3 aromatic rings. The molecule has 1 amide bonds. The third-order valence-electron chi connectivity index (χ3n) is 4.42. The molecule has 3 rings (SSSR count). The molecule has 0 bridgehead atoms. The molecule has 164 valence electrons. The van der Waals surface area contributed by atoms with E-state index in [0.29, 0.717) is 41.6 Å². The molecule has 1 N–H and O–H groups in total. The topological polar surface area (TPSA) is 97.1 Å². The lowest BCUT2D eigenvalue weighted by Gasteiger charge is -2.11. The first kappa shape index (κ1) is 22.9. The highest BCUT2D eigenvalue weighted by Crippen LogP contribution is 2.29. The van der Waals surface area contributed by atoms with E-state index >= 15 is 0 Å². The van der Waals surface area contributed by atoms with Crippen molar-refractivity contribution in [3.63, 3.8) is 0 Å². The number of nitrogens with one attached hydrogen (secondary N) is 1. The fourth-order valence-corrected chi connectivity index (χ4v) is 3.42. The predicted octanol–water partition coefficient (Wildman–Crippen LogP) is 4.42. The molecular weight excluding hydrogens is 431 g/mol. The Morgan fingerprint density at radius 2 is 2.00 bits per heavy atom. The number of methoxy groups -OCH3 is 1. The second kappa shape index (κ2) is 11.0. The lowest BCUT2D eigenvalue weighted by molar-refractivity contribution is -0.112. The summed E-state index contributed by atoms with van der Waals surface area (Å²) in [6.07, 6.45) is 2.78. The fourth-order valence-electron chi connectivity index (χ4n) is 2.75. The van der Waals surface area contributed by atoms with Gasteiger partial charge in [0.15, 0.2) is 11.5 Å². The number of amides is 1. The van der Waals surface area contributed by atoms with Crippen LogP contribution in [-0.2, 0) is 17.6 Å². The Hall–Kier alpha value is -3.77. The van der Waals surface area contributed by atoms with Gasteiger partial charge in [0, 0.05) is 6.42 Å². The summed E-state index contributed by atoms with van der Waals surface area (Å²) < 4.78 is 24.2. The Balaban J connectivity index is 1.67. The minimum Gasteiger partial charge on any atom is -0.493 e. The van der Waals surface area contributed by atoms with E-state index in [4.69, 9.17) is 9.47 Å². The number of nitrogens with zero attached hydrogens (tertiary/aromatic N) is 3. The molecule has 1 heterocycles. The van der Waals surface area contributed by atoms with Crippen molar-refractivity contribution in [3.8, 4) is 17.6 Å². The smallest absolute Gasteiger partial charge is 0.268 e. The maximum absolute atomic E-state index is 13.0. The van der Waals surface area contributed by atoms with Gasteiger partial charge in [-0.15, -0.1) is 10.2 Å². The van der Waals surface area contributed by atoms with Gasteiger partial charge in [-0.3, -0.25) is 10.1 Å². The second-order valence-corrected chi connectivity index (χ2v) is 7.68. The van der Waals surface area contributed by atoms with Gasteiger partial charge in [-0.25, -0.2) is 4.39 Å². The van der Waals surface area contributed by atoms with E-state index in [1.54, 1.807) is 30.3 Å². The largest absolute Gasteiger partial charge is 0.493 e. The van der Waals surface area contributed by atoms with Gasteiger partial charge >= 0.3 is 0 Å². The number of halogens is 1. The third kappa shape index (κ3) is 6.12. The van der Waals surface area contributed by atoms with E-state index in [-0.39, 0.29) is 11.4 Å². The number of anilines is 1. The van der Waals surface area contributed by atoms with E-state index in [2.05, 4.69) is 15.5 Å². The molecule has 0 unspecified atom stereocenters. The first-order chi connectivity index (χ1) is 15.5. The van der Waals surface area contributed by atoms with E-state index in [1.165, 1.54) is 36.7 Å². The van der Waals surface area contributed by atoms with Crippen LogP contribution in [0.25, 0.3) is 6.08 Å². The van der Waals surface area contributed by atoms with Crippen molar-refractivity contribution < 1.29 is 18.7 Å². The number of hydrogen-bond donors (Lipinski definition) is 1. The molecule has 7 nitrogen and oxygen atoms in total. The monoisotopic (exact) mass is 452 g/mol. The van der Waals surface area contributed by atoms with Crippen LogP contribution in [0.3, 0.4) is 0 Å². The van der Waals surface area contributed by atoms with Crippen LogP contribution < -0.4 is 14.8 Å². The van der Waals surface area contributed by atoms with E-state index in [1.807, 2.05) is 13.0 Å². The molecule has 0 saturated heterocycles. The SMILES string of the molecule is CCc1nnc(NC(=O)/C(C#N)=C/c2ccc(OCCc3ccc(F)cc3)c(OC)c2)s1.